The van der Waals surface area contributed by atoms with Crippen molar-refractivity contribution in [2.75, 3.05) is 13.4 Å². The molecule has 1 fully saturated rings. The summed E-state index contributed by atoms with van der Waals surface area (Å²) in [6, 6.07) is 12.4. The van der Waals surface area contributed by atoms with Crippen molar-refractivity contribution in [2.24, 2.45) is 5.92 Å². The fourth-order valence-electron chi connectivity index (χ4n) is 3.29. The number of carbonyl (C=O) groups is 1. The fraction of sp³-hybridized carbons (Fsp3) is 0.381. The molecule has 1 saturated carbocycles. The summed E-state index contributed by atoms with van der Waals surface area (Å²) in [4.78, 5) is 26.6. The first kappa shape index (κ1) is 20.2. The van der Waals surface area contributed by atoms with Gasteiger partial charge in [-0.25, -0.2) is 0 Å². The second-order valence-corrected chi connectivity index (χ2v) is 7.85. The molecule has 7 heteroatoms. The predicted molar refractivity (Wildman–Crippen MR) is 110 cm³/mol. The van der Waals surface area contributed by atoms with Gasteiger partial charge in [-0.2, -0.15) is 0 Å². The molecule has 1 amide bonds. The quantitative estimate of drug-likeness (QED) is 0.363. The molecule has 6 nitrogen and oxygen atoms in total. The summed E-state index contributed by atoms with van der Waals surface area (Å²) in [7, 11) is 1.62. The first-order valence-electron chi connectivity index (χ1n) is 9.21. The number of hydrogen-bond acceptors (Lipinski definition) is 5. The molecule has 28 heavy (non-hydrogen) atoms. The van der Waals surface area contributed by atoms with E-state index in [2.05, 4.69) is 6.92 Å². The molecule has 0 heterocycles. The van der Waals surface area contributed by atoms with E-state index in [0.717, 1.165) is 24.2 Å². The number of nitro benzene ring substituents is 1. The first-order chi connectivity index (χ1) is 13.4. The molecule has 1 atom stereocenters. The molecule has 0 bridgehead atoms. The van der Waals surface area contributed by atoms with E-state index in [-0.39, 0.29) is 17.6 Å². The topological polar surface area (TPSA) is 72.7 Å². The molecule has 0 N–H and O–H groups in total. The van der Waals surface area contributed by atoms with Crippen LogP contribution in [0.25, 0.3) is 0 Å². The van der Waals surface area contributed by atoms with Gasteiger partial charge in [-0.3, -0.25) is 14.9 Å². The second kappa shape index (κ2) is 8.65. The van der Waals surface area contributed by atoms with Gasteiger partial charge < -0.3 is 9.64 Å². The lowest BCUT2D eigenvalue weighted by atomic mass is 10.1. The van der Waals surface area contributed by atoms with Crippen LogP contribution in [0.5, 0.6) is 5.75 Å². The average Bonchev–Trinajstić information content (AvgIpc) is 3.56. The lowest BCUT2D eigenvalue weighted by Crippen LogP contribution is -2.39. The van der Waals surface area contributed by atoms with E-state index in [1.807, 2.05) is 29.2 Å². The highest BCUT2D eigenvalue weighted by atomic mass is 32.2. The third-order valence-electron chi connectivity index (χ3n) is 5.19. The molecule has 1 unspecified atom stereocenters. The van der Waals surface area contributed by atoms with Crippen LogP contribution in [0.15, 0.2) is 47.4 Å². The number of hydrogen-bond donors (Lipinski definition) is 0. The van der Waals surface area contributed by atoms with Gasteiger partial charge in [0.1, 0.15) is 5.75 Å². The van der Waals surface area contributed by atoms with E-state index < -0.39 is 4.92 Å². The van der Waals surface area contributed by atoms with Crippen molar-refractivity contribution in [3.8, 4) is 5.75 Å². The maximum atomic E-state index is 13.3. The smallest absolute Gasteiger partial charge is 0.283 e. The van der Waals surface area contributed by atoms with Crippen LogP contribution in [0.2, 0.25) is 0 Å². The van der Waals surface area contributed by atoms with Crippen molar-refractivity contribution < 1.29 is 14.5 Å². The summed E-state index contributed by atoms with van der Waals surface area (Å²) in [6.07, 6.45) is 4.01. The standard InChI is InChI=1S/C21H24N2O4S/c1-14(16-6-7-16)22(13-15-4-9-18(27-2)10-5-15)21(24)17-8-11-20(28-3)19(12-17)23(25)26/h4-5,8-12,14,16H,6-7,13H2,1-3H3. The molecule has 2 aromatic rings. The van der Waals surface area contributed by atoms with E-state index in [1.165, 1.54) is 17.8 Å². The number of nitrogens with zero attached hydrogens (tertiary/aromatic N) is 2. The maximum absolute atomic E-state index is 13.3. The van der Waals surface area contributed by atoms with Gasteiger partial charge in [0.15, 0.2) is 0 Å². The van der Waals surface area contributed by atoms with Crippen LogP contribution < -0.4 is 4.74 Å². The lowest BCUT2D eigenvalue weighted by molar-refractivity contribution is -0.387. The zero-order chi connectivity index (χ0) is 20.3. The maximum Gasteiger partial charge on any atom is 0.283 e. The van der Waals surface area contributed by atoms with Gasteiger partial charge in [-0.1, -0.05) is 12.1 Å². The summed E-state index contributed by atoms with van der Waals surface area (Å²) in [6.45, 7) is 2.52. The van der Waals surface area contributed by atoms with Gasteiger partial charge in [0.2, 0.25) is 0 Å². The molecule has 0 aliphatic heterocycles. The molecule has 3 rings (SSSR count). The third kappa shape index (κ3) is 4.47. The Morgan fingerprint density at radius 1 is 1.29 bits per heavy atom. The Balaban J connectivity index is 1.90. The highest BCUT2D eigenvalue weighted by Gasteiger charge is 2.35. The van der Waals surface area contributed by atoms with Gasteiger partial charge in [-0.15, -0.1) is 11.8 Å². The van der Waals surface area contributed by atoms with E-state index in [9.17, 15) is 14.9 Å². The van der Waals surface area contributed by atoms with Crippen molar-refractivity contribution in [1.82, 2.24) is 4.90 Å². The lowest BCUT2D eigenvalue weighted by Gasteiger charge is -2.30. The third-order valence-corrected chi connectivity index (χ3v) is 5.98. The number of benzene rings is 2. The zero-order valence-electron chi connectivity index (χ0n) is 16.3. The summed E-state index contributed by atoms with van der Waals surface area (Å²) >= 11 is 1.30. The Morgan fingerprint density at radius 3 is 2.50 bits per heavy atom. The number of amides is 1. The van der Waals surface area contributed by atoms with Gasteiger partial charge in [0.05, 0.1) is 16.9 Å². The molecule has 148 valence electrons. The van der Waals surface area contributed by atoms with Crippen LogP contribution in [-0.2, 0) is 6.54 Å². The fourth-order valence-corrected chi connectivity index (χ4v) is 3.84. The van der Waals surface area contributed by atoms with Gasteiger partial charge in [-0.05, 0) is 61.8 Å². The highest BCUT2D eigenvalue weighted by molar-refractivity contribution is 7.98. The van der Waals surface area contributed by atoms with Crippen LogP contribution in [0.4, 0.5) is 5.69 Å². The summed E-state index contributed by atoms with van der Waals surface area (Å²) in [5, 5.41) is 11.4. The molecular weight excluding hydrogens is 376 g/mol. The summed E-state index contributed by atoms with van der Waals surface area (Å²) < 4.78 is 5.20. The minimum Gasteiger partial charge on any atom is -0.497 e. The van der Waals surface area contributed by atoms with Crippen molar-refractivity contribution in [3.05, 3.63) is 63.7 Å². The Labute approximate surface area is 169 Å². The van der Waals surface area contributed by atoms with E-state index in [1.54, 1.807) is 25.5 Å². The molecular formula is C21H24N2O4S. The molecule has 0 saturated heterocycles. The number of methoxy groups -OCH3 is 1. The number of rotatable bonds is 8. The van der Waals surface area contributed by atoms with Gasteiger partial charge in [0.25, 0.3) is 11.6 Å². The zero-order valence-corrected chi connectivity index (χ0v) is 17.1. The average molecular weight is 401 g/mol. The molecule has 1 aliphatic rings. The van der Waals surface area contributed by atoms with Crippen LogP contribution in [-0.4, -0.2) is 35.1 Å². The predicted octanol–water partition coefficient (Wildman–Crippen LogP) is 4.77. The first-order valence-corrected chi connectivity index (χ1v) is 10.4. The monoisotopic (exact) mass is 400 g/mol. The number of carbonyl (C=O) groups excluding carboxylic acids is 1. The van der Waals surface area contributed by atoms with Crippen LogP contribution in [0.1, 0.15) is 35.7 Å². The largest absolute Gasteiger partial charge is 0.497 e. The Morgan fingerprint density at radius 2 is 1.96 bits per heavy atom. The van der Waals surface area contributed by atoms with Crippen molar-refractivity contribution >= 4 is 23.4 Å². The minimum atomic E-state index is -0.430. The van der Waals surface area contributed by atoms with Crippen molar-refractivity contribution in [3.63, 3.8) is 0 Å². The van der Waals surface area contributed by atoms with Crippen LogP contribution in [0.3, 0.4) is 0 Å². The molecule has 0 spiro atoms. The summed E-state index contributed by atoms with van der Waals surface area (Å²) in [5.41, 5.74) is 1.32. The minimum absolute atomic E-state index is 0.0261. The van der Waals surface area contributed by atoms with Crippen molar-refractivity contribution in [2.45, 2.75) is 37.2 Å². The van der Waals surface area contributed by atoms with Crippen LogP contribution in [0, 0.1) is 16.0 Å². The SMILES string of the molecule is COc1ccc(CN(C(=O)c2ccc(SC)c([N+](=O)[O-])c2)C(C)C2CC2)cc1. The van der Waals surface area contributed by atoms with E-state index >= 15 is 0 Å². The summed E-state index contributed by atoms with van der Waals surface area (Å²) in [5.74, 6) is 1.08. The number of thioether (sulfide) groups is 1. The second-order valence-electron chi connectivity index (χ2n) is 7.00. The normalized spacial score (nSPS) is 14.4. The van der Waals surface area contributed by atoms with Gasteiger partial charge >= 0.3 is 0 Å². The molecule has 2 aromatic carbocycles. The number of nitro groups is 1. The van der Waals surface area contributed by atoms with E-state index in [4.69, 9.17) is 4.74 Å². The Hall–Kier alpha value is -2.54. The van der Waals surface area contributed by atoms with Crippen LogP contribution >= 0.6 is 11.8 Å². The highest BCUT2D eigenvalue weighted by Crippen LogP contribution is 2.37. The van der Waals surface area contributed by atoms with Gasteiger partial charge in [0, 0.05) is 24.2 Å². The Kier molecular flexibility index (Phi) is 6.24. The molecule has 0 aromatic heterocycles. The molecule has 1 aliphatic carbocycles. The van der Waals surface area contributed by atoms with E-state index in [0.29, 0.717) is 22.9 Å². The van der Waals surface area contributed by atoms with Crippen molar-refractivity contribution in [1.29, 1.82) is 0 Å². The number of ether oxygens (including phenoxy) is 1. The molecule has 0 radical (unpaired) electrons. The Bertz CT molecular complexity index is 865.